The van der Waals surface area contributed by atoms with Gasteiger partial charge in [0.1, 0.15) is 0 Å². The smallest absolute Gasteiger partial charge is 0.316 e. The second-order valence-electron chi connectivity index (χ2n) is 6.62. The van der Waals surface area contributed by atoms with E-state index in [2.05, 4.69) is 48.2 Å². The van der Waals surface area contributed by atoms with Crippen molar-refractivity contribution in [3.05, 3.63) is 46.7 Å². The van der Waals surface area contributed by atoms with Crippen LogP contribution in [0.25, 0.3) is 0 Å². The molecule has 3 rings (SSSR count). The van der Waals surface area contributed by atoms with Gasteiger partial charge in [-0.15, -0.1) is 0 Å². The Balaban J connectivity index is 1.48. The summed E-state index contributed by atoms with van der Waals surface area (Å²) in [7, 11) is 0. The summed E-state index contributed by atoms with van der Waals surface area (Å²) in [6.45, 7) is 5.16. The van der Waals surface area contributed by atoms with E-state index in [-0.39, 0.29) is 5.91 Å². The van der Waals surface area contributed by atoms with E-state index in [0.717, 1.165) is 36.2 Å². The molecule has 0 bridgehead atoms. The van der Waals surface area contributed by atoms with E-state index in [4.69, 9.17) is 4.74 Å². The third-order valence-electron chi connectivity index (χ3n) is 4.33. The Morgan fingerprint density at radius 3 is 2.73 bits per heavy atom. The number of hydrogen-bond acceptors (Lipinski definition) is 5. The van der Waals surface area contributed by atoms with Gasteiger partial charge >= 0.3 is 6.01 Å². The Bertz CT molecular complexity index is 721. The first-order valence-corrected chi connectivity index (χ1v) is 9.57. The average Bonchev–Trinajstić information content (AvgIpc) is 2.63. The third-order valence-corrected chi connectivity index (χ3v) is 4.74. The van der Waals surface area contributed by atoms with Crippen molar-refractivity contribution in [3.8, 4) is 6.01 Å². The van der Waals surface area contributed by atoms with Crippen LogP contribution in [0.1, 0.15) is 25.3 Å². The van der Waals surface area contributed by atoms with Crippen LogP contribution in [0.2, 0.25) is 0 Å². The highest BCUT2D eigenvalue weighted by molar-refractivity contribution is 9.10. The first kappa shape index (κ1) is 18.8. The number of likely N-dealkylation sites (tertiary alicyclic amines) is 1. The van der Waals surface area contributed by atoms with Crippen LogP contribution in [-0.2, 0) is 11.3 Å². The predicted octanol–water partition coefficient (Wildman–Crippen LogP) is 3.49. The zero-order valence-corrected chi connectivity index (χ0v) is 16.4. The molecule has 0 radical (unpaired) electrons. The van der Waals surface area contributed by atoms with Gasteiger partial charge in [-0.05, 0) is 53.0 Å². The lowest BCUT2D eigenvalue weighted by molar-refractivity contribution is -0.114. The molecule has 7 heteroatoms. The molecule has 1 aromatic heterocycles. The van der Waals surface area contributed by atoms with E-state index < -0.39 is 0 Å². The van der Waals surface area contributed by atoms with Gasteiger partial charge in [-0.1, -0.05) is 12.1 Å². The monoisotopic (exact) mass is 418 g/mol. The lowest BCUT2D eigenvalue weighted by Gasteiger charge is -2.32. The number of rotatable bonds is 6. The summed E-state index contributed by atoms with van der Waals surface area (Å²) in [6, 6.07) is 8.47. The van der Waals surface area contributed by atoms with E-state index in [1.54, 1.807) is 12.4 Å². The highest BCUT2D eigenvalue weighted by atomic mass is 79.9. The van der Waals surface area contributed by atoms with Gasteiger partial charge in [-0.25, -0.2) is 9.97 Å². The molecule has 0 saturated carbocycles. The molecule has 0 spiro atoms. The Hall–Kier alpha value is -1.99. The number of carbonyl (C=O) groups excluding carboxylic acids is 1. The lowest BCUT2D eigenvalue weighted by atomic mass is 9.98. The minimum Gasteiger partial charge on any atom is -0.463 e. The Morgan fingerprint density at radius 2 is 2.04 bits per heavy atom. The van der Waals surface area contributed by atoms with Crippen LogP contribution in [0.3, 0.4) is 0 Å². The number of carbonyl (C=O) groups is 1. The SMILES string of the molecule is CC(=O)Nc1ccc(CN2CCCC(COc3ncc(Br)cn3)C2)cc1. The zero-order chi connectivity index (χ0) is 18.4. The summed E-state index contributed by atoms with van der Waals surface area (Å²) < 4.78 is 6.59. The van der Waals surface area contributed by atoms with Crippen molar-refractivity contribution in [2.75, 3.05) is 25.0 Å². The minimum atomic E-state index is -0.0497. The van der Waals surface area contributed by atoms with Gasteiger partial charge < -0.3 is 10.1 Å². The van der Waals surface area contributed by atoms with Gasteiger partial charge in [0.25, 0.3) is 0 Å². The second kappa shape index (κ2) is 9.09. The van der Waals surface area contributed by atoms with Crippen molar-refractivity contribution < 1.29 is 9.53 Å². The number of halogens is 1. The Morgan fingerprint density at radius 1 is 1.31 bits per heavy atom. The topological polar surface area (TPSA) is 67.4 Å². The highest BCUT2D eigenvalue weighted by Gasteiger charge is 2.21. The molecule has 1 saturated heterocycles. The number of ether oxygens (including phenoxy) is 1. The van der Waals surface area contributed by atoms with Gasteiger partial charge in [0.2, 0.25) is 5.91 Å². The van der Waals surface area contributed by atoms with Crippen LogP contribution in [0.15, 0.2) is 41.1 Å². The molecular weight excluding hydrogens is 396 g/mol. The molecule has 1 unspecified atom stereocenters. The zero-order valence-electron chi connectivity index (χ0n) is 14.8. The average molecular weight is 419 g/mol. The fourth-order valence-corrected chi connectivity index (χ4v) is 3.36. The van der Waals surface area contributed by atoms with Crippen LogP contribution in [0.5, 0.6) is 6.01 Å². The number of benzene rings is 1. The Labute approximate surface area is 162 Å². The number of amides is 1. The molecule has 0 aliphatic carbocycles. The van der Waals surface area contributed by atoms with Crippen molar-refractivity contribution in [2.24, 2.45) is 5.92 Å². The lowest BCUT2D eigenvalue weighted by Crippen LogP contribution is -2.37. The van der Waals surface area contributed by atoms with E-state index in [1.165, 1.54) is 18.9 Å². The number of aromatic nitrogens is 2. The predicted molar refractivity (Wildman–Crippen MR) is 104 cm³/mol. The van der Waals surface area contributed by atoms with E-state index in [0.29, 0.717) is 18.5 Å². The molecule has 6 nitrogen and oxygen atoms in total. The summed E-state index contributed by atoms with van der Waals surface area (Å²) in [5, 5.41) is 2.79. The number of nitrogens with zero attached hydrogens (tertiary/aromatic N) is 3. The van der Waals surface area contributed by atoms with Crippen molar-refractivity contribution in [1.82, 2.24) is 14.9 Å². The van der Waals surface area contributed by atoms with E-state index in [1.807, 2.05) is 12.1 Å². The molecule has 2 aromatic rings. The summed E-state index contributed by atoms with van der Waals surface area (Å²) in [4.78, 5) is 21.8. The number of nitrogens with one attached hydrogen (secondary N) is 1. The maximum Gasteiger partial charge on any atom is 0.316 e. The molecule has 1 fully saturated rings. The van der Waals surface area contributed by atoms with E-state index >= 15 is 0 Å². The fourth-order valence-electron chi connectivity index (χ4n) is 3.15. The van der Waals surface area contributed by atoms with Gasteiger partial charge in [0.05, 0.1) is 11.1 Å². The molecule has 1 aromatic carbocycles. The molecule has 1 N–H and O–H groups in total. The molecule has 138 valence electrons. The number of anilines is 1. The maximum absolute atomic E-state index is 11.1. The van der Waals surface area contributed by atoms with Crippen molar-refractivity contribution in [2.45, 2.75) is 26.3 Å². The van der Waals surface area contributed by atoms with Crippen molar-refractivity contribution in [3.63, 3.8) is 0 Å². The summed E-state index contributed by atoms with van der Waals surface area (Å²) >= 11 is 3.32. The standard InChI is InChI=1S/C19H23BrN4O2/c1-14(25)23-18-6-4-15(5-7-18)11-24-8-2-3-16(12-24)13-26-19-21-9-17(20)10-22-19/h4-7,9-10,16H,2-3,8,11-13H2,1H3,(H,23,25). The molecule has 1 amide bonds. The molecule has 1 aliphatic rings. The van der Waals surface area contributed by atoms with Crippen molar-refractivity contribution >= 4 is 27.5 Å². The maximum atomic E-state index is 11.1. The summed E-state index contributed by atoms with van der Waals surface area (Å²) in [6.07, 6.45) is 5.72. The van der Waals surface area contributed by atoms with Crippen molar-refractivity contribution in [1.29, 1.82) is 0 Å². The largest absolute Gasteiger partial charge is 0.463 e. The minimum absolute atomic E-state index is 0.0497. The van der Waals surface area contributed by atoms with Crippen LogP contribution in [0.4, 0.5) is 5.69 Å². The summed E-state index contributed by atoms with van der Waals surface area (Å²) in [5.74, 6) is 0.432. The van der Waals surface area contributed by atoms with Crippen LogP contribution >= 0.6 is 15.9 Å². The van der Waals surface area contributed by atoms with Gasteiger partial charge in [0.15, 0.2) is 0 Å². The quantitative estimate of drug-likeness (QED) is 0.777. The van der Waals surface area contributed by atoms with Gasteiger partial charge in [0, 0.05) is 44.0 Å². The van der Waals surface area contributed by atoms with Crippen LogP contribution in [-0.4, -0.2) is 40.5 Å². The summed E-state index contributed by atoms with van der Waals surface area (Å²) in [5.41, 5.74) is 2.08. The van der Waals surface area contributed by atoms with Gasteiger partial charge in [-0.2, -0.15) is 0 Å². The van der Waals surface area contributed by atoms with Gasteiger partial charge in [-0.3, -0.25) is 9.69 Å². The fraction of sp³-hybridized carbons (Fsp3) is 0.421. The molecule has 1 atom stereocenters. The molecule has 2 heterocycles. The Kier molecular flexibility index (Phi) is 6.57. The second-order valence-corrected chi connectivity index (χ2v) is 7.53. The molecule has 26 heavy (non-hydrogen) atoms. The first-order chi connectivity index (χ1) is 12.6. The molecule has 1 aliphatic heterocycles. The van der Waals surface area contributed by atoms with E-state index in [9.17, 15) is 4.79 Å². The van der Waals surface area contributed by atoms with Crippen LogP contribution < -0.4 is 10.1 Å². The number of hydrogen-bond donors (Lipinski definition) is 1. The third kappa shape index (κ3) is 5.78. The first-order valence-electron chi connectivity index (χ1n) is 8.78. The van der Waals surface area contributed by atoms with Crippen LogP contribution in [0, 0.1) is 5.92 Å². The molecular formula is C19H23BrN4O2. The number of piperidine rings is 1. The normalized spacial score (nSPS) is 17.7. The highest BCUT2D eigenvalue weighted by Crippen LogP contribution is 2.20.